The van der Waals surface area contributed by atoms with Crippen LogP contribution in [0, 0.1) is 5.82 Å². The molecule has 0 heterocycles. The molecule has 1 unspecified atom stereocenters. The van der Waals surface area contributed by atoms with E-state index in [1.165, 1.54) is 12.1 Å². The van der Waals surface area contributed by atoms with Gasteiger partial charge in [-0.25, -0.2) is 4.39 Å². The van der Waals surface area contributed by atoms with Gasteiger partial charge >= 0.3 is 0 Å². The third kappa shape index (κ3) is 6.09. The van der Waals surface area contributed by atoms with Gasteiger partial charge in [-0.1, -0.05) is 12.1 Å². The van der Waals surface area contributed by atoms with Crippen LogP contribution in [0.15, 0.2) is 36.4 Å². The van der Waals surface area contributed by atoms with Crippen LogP contribution in [-0.2, 0) is 11.2 Å². The molecule has 1 amide bonds. The number of likely N-dealkylation sites (N-methyl/N-ethyl adjacent to an activating group) is 1. The number of aryl methyl sites for hydroxylation is 1. The van der Waals surface area contributed by atoms with Crippen molar-refractivity contribution in [2.75, 3.05) is 42.0 Å². The highest BCUT2D eigenvalue weighted by Gasteiger charge is 2.17. The molecule has 29 heavy (non-hydrogen) atoms. The van der Waals surface area contributed by atoms with Gasteiger partial charge in [-0.2, -0.15) is 0 Å². The molecule has 0 aliphatic rings. The van der Waals surface area contributed by atoms with Crippen LogP contribution in [0.3, 0.4) is 0 Å². The standard InChI is InChI=1S/C22H29FN2O4/c1-25(2)18(16-7-9-17(23)10-8-16)14-24-21(26)11-6-15-12-19(27-3)22(29-5)20(13-15)28-4/h7-10,12-13,18H,6,11,14H2,1-5H3,(H,24,26). The number of carbonyl (C=O) groups excluding carboxylic acids is 1. The number of amides is 1. The number of nitrogens with one attached hydrogen (secondary N) is 1. The molecule has 2 rings (SSSR count). The molecule has 6 nitrogen and oxygen atoms in total. The van der Waals surface area contributed by atoms with E-state index in [0.29, 0.717) is 36.6 Å². The zero-order valence-corrected chi connectivity index (χ0v) is 17.6. The molecule has 0 bridgehead atoms. The molecule has 0 spiro atoms. The fraction of sp³-hybridized carbons (Fsp3) is 0.409. The van der Waals surface area contributed by atoms with Gasteiger partial charge in [-0.15, -0.1) is 0 Å². The number of nitrogens with zero attached hydrogens (tertiary/aromatic N) is 1. The molecule has 0 aliphatic carbocycles. The van der Waals surface area contributed by atoms with Crippen molar-refractivity contribution >= 4 is 5.91 Å². The number of hydrogen-bond acceptors (Lipinski definition) is 5. The van der Waals surface area contributed by atoms with Crippen molar-refractivity contribution in [1.82, 2.24) is 10.2 Å². The third-order valence-corrected chi connectivity index (χ3v) is 4.74. The van der Waals surface area contributed by atoms with Crippen LogP contribution in [-0.4, -0.2) is 52.8 Å². The summed E-state index contributed by atoms with van der Waals surface area (Å²) in [6.07, 6.45) is 0.855. The largest absolute Gasteiger partial charge is 0.493 e. The monoisotopic (exact) mass is 404 g/mol. The molecule has 7 heteroatoms. The highest BCUT2D eigenvalue weighted by molar-refractivity contribution is 5.76. The Balaban J connectivity index is 1.97. The van der Waals surface area contributed by atoms with Crippen molar-refractivity contribution in [3.8, 4) is 17.2 Å². The lowest BCUT2D eigenvalue weighted by molar-refractivity contribution is -0.121. The molecule has 0 aromatic heterocycles. The van der Waals surface area contributed by atoms with E-state index in [2.05, 4.69) is 5.32 Å². The predicted octanol–water partition coefficient (Wildman–Crippen LogP) is 3.20. The summed E-state index contributed by atoms with van der Waals surface area (Å²) in [4.78, 5) is 14.4. The summed E-state index contributed by atoms with van der Waals surface area (Å²) in [5.74, 6) is 1.31. The number of ether oxygens (including phenoxy) is 3. The van der Waals surface area contributed by atoms with Crippen molar-refractivity contribution in [2.45, 2.75) is 18.9 Å². The van der Waals surface area contributed by atoms with Gasteiger partial charge in [0.1, 0.15) is 5.82 Å². The van der Waals surface area contributed by atoms with E-state index < -0.39 is 0 Å². The van der Waals surface area contributed by atoms with Crippen LogP contribution < -0.4 is 19.5 Å². The lowest BCUT2D eigenvalue weighted by Gasteiger charge is -2.25. The summed E-state index contributed by atoms with van der Waals surface area (Å²) >= 11 is 0. The molecular weight excluding hydrogens is 375 g/mol. The molecule has 2 aromatic rings. The Labute approximate surface area is 171 Å². The van der Waals surface area contributed by atoms with E-state index in [1.807, 2.05) is 31.1 Å². The molecule has 0 saturated heterocycles. The van der Waals surface area contributed by atoms with Crippen molar-refractivity contribution in [2.24, 2.45) is 0 Å². The van der Waals surface area contributed by atoms with Gasteiger partial charge in [0.15, 0.2) is 11.5 Å². The molecule has 1 N–H and O–H groups in total. The quantitative estimate of drug-likeness (QED) is 0.659. The van der Waals surface area contributed by atoms with Crippen molar-refractivity contribution in [3.63, 3.8) is 0 Å². The maximum atomic E-state index is 13.2. The summed E-state index contributed by atoms with van der Waals surface area (Å²) in [6, 6.07) is 9.98. The summed E-state index contributed by atoms with van der Waals surface area (Å²) in [6.45, 7) is 0.437. The number of hydrogen-bond donors (Lipinski definition) is 1. The second-order valence-corrected chi connectivity index (χ2v) is 6.87. The van der Waals surface area contributed by atoms with E-state index >= 15 is 0 Å². The maximum Gasteiger partial charge on any atom is 0.220 e. The average molecular weight is 404 g/mol. The minimum Gasteiger partial charge on any atom is -0.493 e. The Hall–Kier alpha value is -2.80. The molecule has 2 aromatic carbocycles. The molecular formula is C22H29FN2O4. The summed E-state index contributed by atoms with van der Waals surface area (Å²) < 4.78 is 29.2. The Morgan fingerprint density at radius 2 is 1.62 bits per heavy atom. The molecule has 0 radical (unpaired) electrons. The summed E-state index contributed by atoms with van der Waals surface area (Å²) in [5, 5.41) is 2.97. The average Bonchev–Trinajstić information content (AvgIpc) is 2.72. The van der Waals surface area contributed by atoms with Crippen LogP contribution in [0.25, 0.3) is 0 Å². The van der Waals surface area contributed by atoms with Gasteiger partial charge in [0.25, 0.3) is 0 Å². The van der Waals surface area contributed by atoms with Crippen LogP contribution in [0.1, 0.15) is 23.6 Å². The Kier molecular flexibility index (Phi) is 8.27. The number of rotatable bonds is 10. The third-order valence-electron chi connectivity index (χ3n) is 4.74. The first-order valence-corrected chi connectivity index (χ1v) is 9.37. The van der Waals surface area contributed by atoms with Crippen molar-refractivity contribution < 1.29 is 23.4 Å². The molecule has 0 fully saturated rings. The van der Waals surface area contributed by atoms with Crippen LogP contribution >= 0.6 is 0 Å². The normalized spacial score (nSPS) is 11.8. The fourth-order valence-corrected chi connectivity index (χ4v) is 3.12. The number of methoxy groups -OCH3 is 3. The molecule has 158 valence electrons. The van der Waals surface area contributed by atoms with Crippen LogP contribution in [0.5, 0.6) is 17.2 Å². The smallest absolute Gasteiger partial charge is 0.220 e. The molecule has 0 saturated carbocycles. The minimum absolute atomic E-state index is 0.0410. The first kappa shape index (κ1) is 22.5. The second-order valence-electron chi connectivity index (χ2n) is 6.87. The fourth-order valence-electron chi connectivity index (χ4n) is 3.12. The second kappa shape index (κ2) is 10.7. The number of halogens is 1. The Bertz CT molecular complexity index is 784. The van der Waals surface area contributed by atoms with E-state index in [0.717, 1.165) is 11.1 Å². The SMILES string of the molecule is COc1cc(CCC(=O)NCC(c2ccc(F)cc2)N(C)C)cc(OC)c1OC. The summed E-state index contributed by atoms with van der Waals surface area (Å²) in [7, 11) is 8.52. The zero-order chi connectivity index (χ0) is 21.4. The van der Waals surface area contributed by atoms with Crippen molar-refractivity contribution in [1.29, 1.82) is 0 Å². The van der Waals surface area contributed by atoms with E-state index in [1.54, 1.807) is 33.5 Å². The van der Waals surface area contributed by atoms with Gasteiger partial charge in [-0.3, -0.25) is 4.79 Å². The van der Waals surface area contributed by atoms with Gasteiger partial charge in [0.2, 0.25) is 11.7 Å². The lowest BCUT2D eigenvalue weighted by atomic mass is 10.1. The van der Waals surface area contributed by atoms with Gasteiger partial charge < -0.3 is 24.4 Å². The molecule has 1 atom stereocenters. The van der Waals surface area contributed by atoms with Gasteiger partial charge in [0, 0.05) is 13.0 Å². The topological polar surface area (TPSA) is 60.0 Å². The minimum atomic E-state index is -0.277. The van der Waals surface area contributed by atoms with Gasteiger partial charge in [-0.05, 0) is 55.9 Å². The van der Waals surface area contributed by atoms with E-state index in [4.69, 9.17) is 14.2 Å². The highest BCUT2D eigenvalue weighted by atomic mass is 19.1. The van der Waals surface area contributed by atoms with E-state index in [-0.39, 0.29) is 17.8 Å². The first-order chi connectivity index (χ1) is 13.9. The highest BCUT2D eigenvalue weighted by Crippen LogP contribution is 2.38. The first-order valence-electron chi connectivity index (χ1n) is 9.37. The van der Waals surface area contributed by atoms with Gasteiger partial charge in [0.05, 0.1) is 27.4 Å². The number of carbonyl (C=O) groups is 1. The molecule has 0 aliphatic heterocycles. The number of benzene rings is 2. The zero-order valence-electron chi connectivity index (χ0n) is 17.6. The lowest BCUT2D eigenvalue weighted by Crippen LogP contribution is -2.34. The van der Waals surface area contributed by atoms with E-state index in [9.17, 15) is 9.18 Å². The Morgan fingerprint density at radius 3 is 2.10 bits per heavy atom. The predicted molar refractivity (Wildman–Crippen MR) is 110 cm³/mol. The maximum absolute atomic E-state index is 13.2. The van der Waals surface area contributed by atoms with Crippen LogP contribution in [0.2, 0.25) is 0 Å². The Morgan fingerprint density at radius 1 is 1.03 bits per heavy atom. The summed E-state index contributed by atoms with van der Waals surface area (Å²) in [5.41, 5.74) is 1.86. The van der Waals surface area contributed by atoms with Crippen molar-refractivity contribution in [3.05, 3.63) is 53.3 Å². The van der Waals surface area contributed by atoms with Crippen LogP contribution in [0.4, 0.5) is 4.39 Å².